The van der Waals surface area contributed by atoms with Crippen molar-refractivity contribution < 1.29 is 14.6 Å². The average molecular weight is 278 g/mol. The van der Waals surface area contributed by atoms with E-state index < -0.39 is 5.97 Å². The molecule has 19 heavy (non-hydrogen) atoms. The van der Waals surface area contributed by atoms with Gasteiger partial charge in [0.25, 0.3) is 0 Å². The first-order chi connectivity index (χ1) is 9.20. The van der Waals surface area contributed by atoms with Crippen LogP contribution in [0.25, 0.3) is 5.69 Å². The number of carbonyl (C=O) groups is 1. The molecule has 1 N–H and O–H groups in total. The second-order valence-electron chi connectivity index (χ2n) is 3.69. The molecule has 0 fully saturated rings. The molecule has 100 valence electrons. The lowest BCUT2D eigenvalue weighted by atomic mass is 10.3. The van der Waals surface area contributed by atoms with Crippen LogP contribution in [-0.2, 0) is 4.79 Å². The van der Waals surface area contributed by atoms with Crippen molar-refractivity contribution in [3.05, 3.63) is 36.7 Å². The van der Waals surface area contributed by atoms with Crippen molar-refractivity contribution in [1.82, 2.24) is 9.55 Å². The Kier molecular flexibility index (Phi) is 4.46. The van der Waals surface area contributed by atoms with E-state index in [2.05, 4.69) is 4.98 Å². The Morgan fingerprint density at radius 3 is 3.11 bits per heavy atom. The topological polar surface area (TPSA) is 64.4 Å². The van der Waals surface area contributed by atoms with Gasteiger partial charge in [0.15, 0.2) is 5.16 Å². The number of hydrogen-bond acceptors (Lipinski definition) is 4. The van der Waals surface area contributed by atoms with Crippen LogP contribution in [0.4, 0.5) is 0 Å². The molecule has 2 rings (SSSR count). The molecule has 0 spiro atoms. The van der Waals surface area contributed by atoms with Gasteiger partial charge in [-0.25, -0.2) is 4.98 Å². The summed E-state index contributed by atoms with van der Waals surface area (Å²) in [4.78, 5) is 14.8. The van der Waals surface area contributed by atoms with Crippen molar-refractivity contribution in [2.45, 2.75) is 12.1 Å². The van der Waals surface area contributed by atoms with Crippen LogP contribution in [-0.4, -0.2) is 33.0 Å². The predicted octanol–water partition coefficient (Wildman–Crippen LogP) is 2.45. The van der Waals surface area contributed by atoms with Crippen molar-refractivity contribution >= 4 is 17.7 Å². The molecule has 0 aliphatic carbocycles. The van der Waals surface area contributed by atoms with Crippen LogP contribution in [0.1, 0.15) is 6.92 Å². The Morgan fingerprint density at radius 1 is 1.53 bits per heavy atom. The summed E-state index contributed by atoms with van der Waals surface area (Å²) in [6.07, 6.45) is 3.45. The lowest BCUT2D eigenvalue weighted by molar-refractivity contribution is -0.133. The number of imidazole rings is 1. The molecule has 0 aliphatic heterocycles. The van der Waals surface area contributed by atoms with Gasteiger partial charge in [0.05, 0.1) is 18.0 Å². The molecule has 0 unspecified atom stereocenters. The van der Waals surface area contributed by atoms with Gasteiger partial charge in [0, 0.05) is 18.5 Å². The molecule has 1 heterocycles. The molecule has 2 aromatic rings. The summed E-state index contributed by atoms with van der Waals surface area (Å²) in [5.74, 6) is -0.0900. The van der Waals surface area contributed by atoms with Crippen LogP contribution < -0.4 is 4.74 Å². The lowest BCUT2D eigenvalue weighted by Gasteiger charge is -2.09. The predicted molar refractivity (Wildman–Crippen MR) is 73.1 cm³/mol. The van der Waals surface area contributed by atoms with Gasteiger partial charge in [-0.05, 0) is 19.1 Å². The van der Waals surface area contributed by atoms with E-state index in [0.29, 0.717) is 11.8 Å². The van der Waals surface area contributed by atoms with Crippen LogP contribution in [0.15, 0.2) is 41.8 Å². The molecule has 1 aromatic carbocycles. The van der Waals surface area contributed by atoms with Crippen molar-refractivity contribution in [3.8, 4) is 11.4 Å². The zero-order valence-corrected chi connectivity index (χ0v) is 11.3. The number of aromatic nitrogens is 2. The number of ether oxygens (including phenoxy) is 1. The molecule has 6 heteroatoms. The van der Waals surface area contributed by atoms with Gasteiger partial charge in [0.1, 0.15) is 5.75 Å². The number of benzene rings is 1. The fourth-order valence-electron chi connectivity index (χ4n) is 1.61. The fraction of sp³-hybridized carbons (Fsp3) is 0.231. The quantitative estimate of drug-likeness (QED) is 0.822. The van der Waals surface area contributed by atoms with Gasteiger partial charge < -0.3 is 9.84 Å². The maximum Gasteiger partial charge on any atom is 0.313 e. The molecule has 0 amide bonds. The molecule has 0 bridgehead atoms. The van der Waals surface area contributed by atoms with Crippen LogP contribution in [0.2, 0.25) is 0 Å². The number of thioether (sulfide) groups is 1. The van der Waals surface area contributed by atoms with Gasteiger partial charge in [0.2, 0.25) is 0 Å². The third kappa shape index (κ3) is 3.51. The summed E-state index contributed by atoms with van der Waals surface area (Å²) < 4.78 is 7.29. The Labute approximate surface area is 115 Å². The molecular formula is C13H14N2O3S. The van der Waals surface area contributed by atoms with E-state index in [-0.39, 0.29) is 5.75 Å². The Morgan fingerprint density at radius 2 is 2.37 bits per heavy atom. The van der Waals surface area contributed by atoms with Crippen LogP contribution in [0.3, 0.4) is 0 Å². The summed E-state index contributed by atoms with van der Waals surface area (Å²) in [6, 6.07) is 7.60. The van der Waals surface area contributed by atoms with Crippen LogP contribution >= 0.6 is 11.8 Å². The number of hydrogen-bond donors (Lipinski definition) is 1. The fourth-order valence-corrected chi connectivity index (χ4v) is 2.30. The zero-order chi connectivity index (χ0) is 13.7. The summed E-state index contributed by atoms with van der Waals surface area (Å²) in [5.41, 5.74) is 0.899. The van der Waals surface area contributed by atoms with Crippen LogP contribution in [0, 0.1) is 0 Å². The van der Waals surface area contributed by atoms with Gasteiger partial charge in [-0.15, -0.1) is 0 Å². The van der Waals surface area contributed by atoms with E-state index in [1.165, 1.54) is 11.8 Å². The maximum atomic E-state index is 10.6. The van der Waals surface area contributed by atoms with E-state index in [1.54, 1.807) is 12.4 Å². The second kappa shape index (κ2) is 6.29. The summed E-state index contributed by atoms with van der Waals surface area (Å²) >= 11 is 1.19. The molecule has 0 aliphatic rings. The first kappa shape index (κ1) is 13.5. The number of carboxylic acid groups (broad SMARTS) is 1. The third-order valence-electron chi connectivity index (χ3n) is 2.34. The van der Waals surface area contributed by atoms with Crippen molar-refractivity contribution in [1.29, 1.82) is 0 Å². The van der Waals surface area contributed by atoms with Crippen molar-refractivity contribution in [3.63, 3.8) is 0 Å². The molecule has 5 nitrogen and oxygen atoms in total. The highest BCUT2D eigenvalue weighted by atomic mass is 32.2. The zero-order valence-electron chi connectivity index (χ0n) is 10.4. The minimum Gasteiger partial charge on any atom is -0.494 e. The minimum absolute atomic E-state index is 0.0117. The molecule has 0 saturated heterocycles. The van der Waals surface area contributed by atoms with E-state index in [1.807, 2.05) is 35.8 Å². The van der Waals surface area contributed by atoms with E-state index in [4.69, 9.17) is 9.84 Å². The van der Waals surface area contributed by atoms with Gasteiger partial charge >= 0.3 is 5.97 Å². The summed E-state index contributed by atoms with van der Waals surface area (Å²) in [7, 11) is 0. The number of aliphatic carboxylic acids is 1. The molecule has 0 saturated carbocycles. The maximum absolute atomic E-state index is 10.6. The van der Waals surface area contributed by atoms with E-state index >= 15 is 0 Å². The Bertz CT molecular complexity index is 569. The number of nitrogens with zero attached hydrogens (tertiary/aromatic N) is 2. The molecule has 0 radical (unpaired) electrons. The second-order valence-corrected chi connectivity index (χ2v) is 4.64. The van der Waals surface area contributed by atoms with Crippen molar-refractivity contribution in [2.24, 2.45) is 0 Å². The lowest BCUT2D eigenvalue weighted by Crippen LogP contribution is -2.01. The highest BCUT2D eigenvalue weighted by Gasteiger charge is 2.08. The first-order valence-corrected chi connectivity index (χ1v) is 6.80. The Hall–Kier alpha value is -1.95. The summed E-state index contributed by atoms with van der Waals surface area (Å²) in [6.45, 7) is 2.53. The van der Waals surface area contributed by atoms with Gasteiger partial charge in [-0.1, -0.05) is 17.8 Å². The van der Waals surface area contributed by atoms with Gasteiger partial charge in [-0.2, -0.15) is 0 Å². The standard InChI is InChI=1S/C13H14N2O3S/c1-2-18-11-5-3-4-10(8-11)15-7-6-14-13(15)19-9-12(16)17/h3-8H,2,9H2,1H3,(H,16,17). The van der Waals surface area contributed by atoms with Gasteiger partial charge in [-0.3, -0.25) is 9.36 Å². The number of carboxylic acids is 1. The molecular weight excluding hydrogens is 264 g/mol. The van der Waals surface area contributed by atoms with E-state index in [0.717, 1.165) is 11.4 Å². The smallest absolute Gasteiger partial charge is 0.313 e. The SMILES string of the molecule is CCOc1cccc(-n2ccnc2SCC(=O)O)c1. The van der Waals surface area contributed by atoms with Crippen molar-refractivity contribution in [2.75, 3.05) is 12.4 Å². The molecule has 1 aromatic heterocycles. The summed E-state index contributed by atoms with van der Waals surface area (Å²) in [5, 5.41) is 9.36. The van der Waals surface area contributed by atoms with Crippen LogP contribution in [0.5, 0.6) is 5.75 Å². The third-order valence-corrected chi connectivity index (χ3v) is 3.29. The molecule has 0 atom stereocenters. The normalized spacial score (nSPS) is 10.4. The first-order valence-electron chi connectivity index (χ1n) is 5.82. The monoisotopic (exact) mass is 278 g/mol. The highest BCUT2D eigenvalue weighted by Crippen LogP contribution is 2.23. The minimum atomic E-state index is -0.859. The average Bonchev–Trinajstić information content (AvgIpc) is 2.85. The largest absolute Gasteiger partial charge is 0.494 e. The highest BCUT2D eigenvalue weighted by molar-refractivity contribution is 7.99. The number of rotatable bonds is 6. The Balaban J connectivity index is 2.23. The van der Waals surface area contributed by atoms with E-state index in [9.17, 15) is 4.79 Å².